The first-order chi connectivity index (χ1) is 16.7. The molecular formula is C25H20F3NO5S. The molecule has 0 saturated carbocycles. The van der Waals surface area contributed by atoms with Crippen molar-refractivity contribution in [3.8, 4) is 11.5 Å². The quantitative estimate of drug-likeness (QED) is 0.386. The van der Waals surface area contributed by atoms with Gasteiger partial charge in [-0.05, 0) is 54.1 Å². The lowest BCUT2D eigenvalue weighted by atomic mass is 10.1. The van der Waals surface area contributed by atoms with E-state index in [-0.39, 0.29) is 24.0 Å². The van der Waals surface area contributed by atoms with Crippen LogP contribution < -0.4 is 14.4 Å². The fourth-order valence-corrected chi connectivity index (χ4v) is 4.39. The highest BCUT2D eigenvalue weighted by Crippen LogP contribution is 2.35. The molecule has 10 heteroatoms. The number of carbonyl (C=O) groups is 2. The molecule has 1 aliphatic rings. The fraction of sp³-hybridized carbons (Fsp3) is 0.200. The highest BCUT2D eigenvalue weighted by molar-refractivity contribution is 8.00. The molecule has 1 heterocycles. The summed E-state index contributed by atoms with van der Waals surface area (Å²) in [6.45, 7) is 0.576. The molecule has 1 aliphatic heterocycles. The minimum atomic E-state index is -4.79. The molecule has 0 saturated heterocycles. The third-order valence-corrected chi connectivity index (χ3v) is 6.19. The highest BCUT2D eigenvalue weighted by Gasteiger charge is 2.33. The Labute approximate surface area is 203 Å². The van der Waals surface area contributed by atoms with Crippen LogP contribution in [0, 0.1) is 0 Å². The van der Waals surface area contributed by atoms with Gasteiger partial charge in [-0.15, -0.1) is 24.9 Å². The third-order valence-electron chi connectivity index (χ3n) is 5.22. The van der Waals surface area contributed by atoms with Crippen LogP contribution in [0.3, 0.4) is 0 Å². The molecule has 0 radical (unpaired) electrons. The van der Waals surface area contributed by atoms with Gasteiger partial charge in [0, 0.05) is 28.1 Å². The van der Waals surface area contributed by atoms with Crippen LogP contribution in [0.25, 0.3) is 0 Å². The van der Waals surface area contributed by atoms with Gasteiger partial charge in [-0.1, -0.05) is 18.2 Å². The summed E-state index contributed by atoms with van der Waals surface area (Å²) in [5.74, 6) is -0.959. The fourth-order valence-electron chi connectivity index (χ4n) is 3.69. The number of amides is 1. The second kappa shape index (κ2) is 10.3. The van der Waals surface area contributed by atoms with E-state index in [1.165, 1.54) is 40.9 Å². The van der Waals surface area contributed by atoms with Gasteiger partial charge < -0.3 is 19.5 Å². The Morgan fingerprint density at radius 1 is 1.06 bits per heavy atom. The first-order valence-electron chi connectivity index (χ1n) is 10.6. The Bertz CT molecular complexity index is 1230. The van der Waals surface area contributed by atoms with Crippen LogP contribution in [0.2, 0.25) is 0 Å². The number of benzene rings is 3. The predicted octanol–water partition coefficient (Wildman–Crippen LogP) is 5.54. The zero-order chi connectivity index (χ0) is 25.0. The minimum Gasteiger partial charge on any atom is -0.493 e. The van der Waals surface area contributed by atoms with Gasteiger partial charge in [0.15, 0.2) is 0 Å². The number of anilines is 1. The Morgan fingerprint density at radius 2 is 1.80 bits per heavy atom. The minimum absolute atomic E-state index is 0.0152. The van der Waals surface area contributed by atoms with Crippen molar-refractivity contribution in [1.29, 1.82) is 0 Å². The largest absolute Gasteiger partial charge is 0.573 e. The van der Waals surface area contributed by atoms with Crippen LogP contribution >= 0.6 is 11.8 Å². The van der Waals surface area contributed by atoms with E-state index >= 15 is 0 Å². The topological polar surface area (TPSA) is 76.1 Å². The molecule has 0 aliphatic carbocycles. The lowest BCUT2D eigenvalue weighted by Crippen LogP contribution is -2.23. The van der Waals surface area contributed by atoms with Gasteiger partial charge in [-0.2, -0.15) is 0 Å². The van der Waals surface area contributed by atoms with Gasteiger partial charge in [0.05, 0.1) is 18.9 Å². The number of alkyl halides is 3. The standard InChI is InChI=1S/C25H20F3NO5S/c26-25(27,28)34-18-9-7-17(8-10-18)29-14-21-20(24(29)32)5-2-6-22(21)33-12-11-16-3-1-4-19(13-16)35-15-23(30)31/h1-10,13H,11-12,14-15H2,(H,30,31). The average molecular weight is 503 g/mol. The average Bonchev–Trinajstić information content (AvgIpc) is 3.15. The molecule has 3 aromatic rings. The molecule has 0 atom stereocenters. The molecule has 3 aromatic carbocycles. The van der Waals surface area contributed by atoms with Crippen molar-refractivity contribution in [3.05, 3.63) is 83.4 Å². The lowest BCUT2D eigenvalue weighted by molar-refractivity contribution is -0.274. The van der Waals surface area contributed by atoms with E-state index in [9.17, 15) is 22.8 Å². The first kappa shape index (κ1) is 24.5. The summed E-state index contributed by atoms with van der Waals surface area (Å²) in [5.41, 5.74) is 2.62. The van der Waals surface area contributed by atoms with Crippen molar-refractivity contribution in [2.45, 2.75) is 24.2 Å². The maximum absolute atomic E-state index is 12.9. The second-order valence-corrected chi connectivity index (χ2v) is 8.69. The number of hydrogen-bond acceptors (Lipinski definition) is 5. The van der Waals surface area contributed by atoms with E-state index < -0.39 is 12.3 Å². The third kappa shape index (κ3) is 6.27. The van der Waals surface area contributed by atoms with Gasteiger partial charge in [0.1, 0.15) is 11.5 Å². The van der Waals surface area contributed by atoms with Crippen LogP contribution in [-0.4, -0.2) is 35.7 Å². The summed E-state index contributed by atoms with van der Waals surface area (Å²) < 4.78 is 47.1. The molecule has 0 spiro atoms. The van der Waals surface area contributed by atoms with Crippen LogP contribution in [0.15, 0.2) is 71.6 Å². The van der Waals surface area contributed by atoms with Crippen LogP contribution in [0.1, 0.15) is 21.5 Å². The molecular weight excluding hydrogens is 483 g/mol. The van der Waals surface area contributed by atoms with Crippen LogP contribution in [0.5, 0.6) is 11.5 Å². The Morgan fingerprint density at radius 3 is 2.51 bits per heavy atom. The lowest BCUT2D eigenvalue weighted by Gasteiger charge is -2.17. The second-order valence-electron chi connectivity index (χ2n) is 7.64. The zero-order valence-corrected chi connectivity index (χ0v) is 19.1. The Kier molecular flexibility index (Phi) is 7.20. The van der Waals surface area contributed by atoms with Crippen molar-refractivity contribution < 1.29 is 37.3 Å². The molecule has 1 amide bonds. The summed E-state index contributed by atoms with van der Waals surface area (Å²) in [6.07, 6.45) is -4.20. The van der Waals surface area contributed by atoms with Gasteiger partial charge in [0.25, 0.3) is 5.91 Å². The highest BCUT2D eigenvalue weighted by atomic mass is 32.2. The van der Waals surface area contributed by atoms with Crippen molar-refractivity contribution in [2.24, 2.45) is 0 Å². The number of rotatable bonds is 9. The first-order valence-corrected chi connectivity index (χ1v) is 11.5. The maximum atomic E-state index is 12.9. The number of carbonyl (C=O) groups excluding carboxylic acids is 1. The molecule has 0 unspecified atom stereocenters. The van der Waals surface area contributed by atoms with Gasteiger partial charge in [-0.3, -0.25) is 9.59 Å². The number of thioether (sulfide) groups is 1. The van der Waals surface area contributed by atoms with E-state index in [1.807, 2.05) is 24.3 Å². The summed E-state index contributed by atoms with van der Waals surface area (Å²) in [4.78, 5) is 26.0. The van der Waals surface area contributed by atoms with E-state index in [0.717, 1.165) is 10.5 Å². The number of aliphatic carboxylic acids is 1. The van der Waals surface area contributed by atoms with Gasteiger partial charge >= 0.3 is 12.3 Å². The number of ether oxygens (including phenoxy) is 2. The van der Waals surface area contributed by atoms with Crippen molar-refractivity contribution >= 4 is 29.3 Å². The molecule has 182 valence electrons. The smallest absolute Gasteiger partial charge is 0.493 e. The molecule has 0 bridgehead atoms. The number of hydrogen-bond donors (Lipinski definition) is 1. The number of halogens is 3. The summed E-state index contributed by atoms with van der Waals surface area (Å²) in [7, 11) is 0. The van der Waals surface area contributed by atoms with Crippen LogP contribution in [0.4, 0.5) is 18.9 Å². The monoisotopic (exact) mass is 503 g/mol. The number of carboxylic acids is 1. The Hall–Kier alpha value is -3.66. The van der Waals surface area contributed by atoms with E-state index in [2.05, 4.69) is 4.74 Å². The molecule has 4 rings (SSSR count). The summed E-state index contributed by atoms with van der Waals surface area (Å²) >= 11 is 1.24. The van der Waals surface area contributed by atoms with E-state index in [4.69, 9.17) is 9.84 Å². The molecule has 0 aromatic heterocycles. The Balaban J connectivity index is 1.40. The van der Waals surface area contributed by atoms with Crippen molar-refractivity contribution in [2.75, 3.05) is 17.3 Å². The predicted molar refractivity (Wildman–Crippen MR) is 124 cm³/mol. The van der Waals surface area contributed by atoms with E-state index in [1.54, 1.807) is 18.2 Å². The molecule has 1 N–H and O–H groups in total. The van der Waals surface area contributed by atoms with Crippen molar-refractivity contribution in [1.82, 2.24) is 0 Å². The molecule has 0 fully saturated rings. The molecule has 6 nitrogen and oxygen atoms in total. The summed E-state index contributed by atoms with van der Waals surface area (Å²) in [5, 5.41) is 8.84. The number of nitrogens with zero attached hydrogens (tertiary/aromatic N) is 1. The van der Waals surface area contributed by atoms with Crippen molar-refractivity contribution in [3.63, 3.8) is 0 Å². The van der Waals surface area contributed by atoms with Gasteiger partial charge in [0.2, 0.25) is 0 Å². The summed E-state index contributed by atoms with van der Waals surface area (Å²) in [6, 6.07) is 17.9. The van der Waals surface area contributed by atoms with E-state index in [0.29, 0.717) is 35.6 Å². The van der Waals surface area contributed by atoms with Gasteiger partial charge in [-0.25, -0.2) is 0 Å². The molecule has 35 heavy (non-hydrogen) atoms. The number of carboxylic acid groups (broad SMARTS) is 1. The normalized spacial score (nSPS) is 13.0. The zero-order valence-electron chi connectivity index (χ0n) is 18.2. The number of fused-ring (bicyclic) bond motifs is 1. The maximum Gasteiger partial charge on any atom is 0.573 e. The SMILES string of the molecule is O=C(O)CSc1cccc(CCOc2cccc3c2CN(c2ccc(OC(F)(F)F)cc2)C3=O)c1. The van der Waals surface area contributed by atoms with Crippen LogP contribution in [-0.2, 0) is 17.8 Å².